The topological polar surface area (TPSA) is 91.0 Å². The van der Waals surface area contributed by atoms with Gasteiger partial charge in [0.1, 0.15) is 17.4 Å². The molecule has 0 fully saturated rings. The number of aryl methyl sites for hydroxylation is 1. The van der Waals surface area contributed by atoms with Crippen LogP contribution in [0.2, 0.25) is 5.02 Å². The first kappa shape index (κ1) is 22.1. The van der Waals surface area contributed by atoms with Crippen LogP contribution in [0.5, 0.6) is 5.75 Å². The molecule has 2 aliphatic heterocycles. The quantitative estimate of drug-likeness (QED) is 0.494. The minimum absolute atomic E-state index is 0.0442. The average molecular weight is 488 g/mol. The van der Waals surface area contributed by atoms with Crippen LogP contribution >= 0.6 is 23.4 Å². The Bertz CT molecular complexity index is 1400. The van der Waals surface area contributed by atoms with Crippen LogP contribution in [-0.4, -0.2) is 31.9 Å². The number of amides is 1. The van der Waals surface area contributed by atoms with Crippen molar-refractivity contribution in [2.45, 2.75) is 13.5 Å². The molecule has 0 bridgehead atoms. The van der Waals surface area contributed by atoms with Crippen molar-refractivity contribution in [3.63, 3.8) is 0 Å². The van der Waals surface area contributed by atoms with E-state index in [4.69, 9.17) is 21.7 Å². The number of thioether (sulfide) groups is 1. The summed E-state index contributed by atoms with van der Waals surface area (Å²) in [4.78, 5) is 20.9. The molecule has 1 amide bonds. The lowest BCUT2D eigenvalue weighted by molar-refractivity contribution is -0.114. The van der Waals surface area contributed by atoms with Crippen molar-refractivity contribution in [3.8, 4) is 5.75 Å². The highest BCUT2D eigenvalue weighted by atomic mass is 35.5. The SMILES string of the molecule is Cc1cccc(COc2ccc(/C=C3/C(=N)N4N=C(c5cccnc5)SC4=NC3=O)cc2Cl)c1. The summed E-state index contributed by atoms with van der Waals surface area (Å²) in [5, 5.41) is 15.8. The van der Waals surface area contributed by atoms with Crippen molar-refractivity contribution in [3.05, 3.63) is 99.8 Å². The molecule has 2 aliphatic rings. The monoisotopic (exact) mass is 487 g/mol. The van der Waals surface area contributed by atoms with E-state index in [0.29, 0.717) is 33.2 Å². The smallest absolute Gasteiger partial charge is 0.283 e. The zero-order chi connectivity index (χ0) is 23.7. The summed E-state index contributed by atoms with van der Waals surface area (Å²) >= 11 is 7.66. The van der Waals surface area contributed by atoms with E-state index in [-0.39, 0.29) is 11.4 Å². The summed E-state index contributed by atoms with van der Waals surface area (Å²) in [6.07, 6.45) is 4.94. The van der Waals surface area contributed by atoms with Gasteiger partial charge in [-0.3, -0.25) is 15.2 Å². The fourth-order valence-electron chi connectivity index (χ4n) is 3.45. The van der Waals surface area contributed by atoms with Gasteiger partial charge >= 0.3 is 0 Å². The van der Waals surface area contributed by atoms with Gasteiger partial charge in [-0.05, 0) is 60.2 Å². The molecule has 3 heterocycles. The Labute approximate surface area is 205 Å². The van der Waals surface area contributed by atoms with E-state index in [1.807, 2.05) is 31.2 Å². The average Bonchev–Trinajstić information content (AvgIpc) is 3.26. The van der Waals surface area contributed by atoms with Crippen molar-refractivity contribution >= 4 is 51.4 Å². The molecule has 168 valence electrons. The highest BCUT2D eigenvalue weighted by Crippen LogP contribution is 2.32. The van der Waals surface area contributed by atoms with E-state index in [1.54, 1.807) is 42.7 Å². The normalized spacial score (nSPS) is 16.4. The lowest BCUT2D eigenvalue weighted by atomic mass is 10.1. The van der Waals surface area contributed by atoms with Crippen LogP contribution in [0.3, 0.4) is 0 Å². The van der Waals surface area contributed by atoms with Crippen molar-refractivity contribution in [1.82, 2.24) is 9.99 Å². The Kier molecular flexibility index (Phi) is 6.00. The van der Waals surface area contributed by atoms with Gasteiger partial charge in [-0.15, -0.1) is 0 Å². The summed E-state index contributed by atoms with van der Waals surface area (Å²) in [7, 11) is 0. The maximum Gasteiger partial charge on any atom is 0.283 e. The van der Waals surface area contributed by atoms with E-state index in [2.05, 4.69) is 21.1 Å². The molecule has 0 spiro atoms. The van der Waals surface area contributed by atoms with E-state index < -0.39 is 5.91 Å². The summed E-state index contributed by atoms with van der Waals surface area (Å²) in [5.41, 5.74) is 3.79. The van der Waals surface area contributed by atoms with Crippen molar-refractivity contribution in [2.75, 3.05) is 0 Å². The fourth-order valence-corrected chi connectivity index (χ4v) is 4.58. The number of carbonyl (C=O) groups excluding carboxylic acids is 1. The first-order valence-electron chi connectivity index (χ1n) is 10.4. The minimum atomic E-state index is -0.498. The van der Waals surface area contributed by atoms with Crippen LogP contribution < -0.4 is 4.74 Å². The van der Waals surface area contributed by atoms with Crippen LogP contribution in [0.15, 0.2) is 82.7 Å². The molecular formula is C25H18ClN5O2S. The van der Waals surface area contributed by atoms with Gasteiger partial charge in [-0.25, -0.2) is 0 Å². The number of carbonyl (C=O) groups is 1. The molecule has 5 rings (SSSR count). The van der Waals surface area contributed by atoms with Gasteiger partial charge in [0.15, 0.2) is 5.84 Å². The number of aliphatic imine (C=N–C) groups is 1. The first-order chi connectivity index (χ1) is 16.5. The number of nitrogens with one attached hydrogen (secondary N) is 1. The number of rotatable bonds is 5. The van der Waals surface area contributed by atoms with Gasteiger partial charge in [0.2, 0.25) is 5.17 Å². The van der Waals surface area contributed by atoms with Crippen molar-refractivity contribution in [1.29, 1.82) is 5.41 Å². The van der Waals surface area contributed by atoms with E-state index in [1.165, 1.54) is 16.8 Å². The Morgan fingerprint density at radius 3 is 2.82 bits per heavy atom. The van der Waals surface area contributed by atoms with E-state index >= 15 is 0 Å². The highest BCUT2D eigenvalue weighted by Gasteiger charge is 2.36. The zero-order valence-corrected chi connectivity index (χ0v) is 19.6. The lowest BCUT2D eigenvalue weighted by Gasteiger charge is -2.20. The Hall–Kier alpha value is -3.75. The molecule has 2 aromatic carbocycles. The molecule has 0 atom stereocenters. The minimum Gasteiger partial charge on any atom is -0.487 e. The Morgan fingerprint density at radius 1 is 1.18 bits per heavy atom. The number of aromatic nitrogens is 1. The van der Waals surface area contributed by atoms with E-state index in [9.17, 15) is 4.79 Å². The molecule has 0 saturated carbocycles. The molecular weight excluding hydrogens is 470 g/mol. The van der Waals surface area contributed by atoms with Gasteiger partial charge in [0.25, 0.3) is 5.91 Å². The summed E-state index contributed by atoms with van der Waals surface area (Å²) in [6.45, 7) is 2.42. The van der Waals surface area contributed by atoms with Gasteiger partial charge < -0.3 is 4.74 Å². The number of hydrazone groups is 1. The number of hydrogen-bond acceptors (Lipinski definition) is 6. The number of ether oxygens (including phenoxy) is 1. The predicted molar refractivity (Wildman–Crippen MR) is 135 cm³/mol. The summed E-state index contributed by atoms with van der Waals surface area (Å²) < 4.78 is 5.86. The number of amidine groups is 2. The number of halogens is 1. The second-order valence-electron chi connectivity index (χ2n) is 7.63. The van der Waals surface area contributed by atoms with Gasteiger partial charge in [0, 0.05) is 18.0 Å². The lowest BCUT2D eigenvalue weighted by Crippen LogP contribution is -2.35. The van der Waals surface area contributed by atoms with Crippen LogP contribution in [0, 0.1) is 12.3 Å². The third-order valence-electron chi connectivity index (χ3n) is 5.11. The maximum atomic E-state index is 12.7. The van der Waals surface area contributed by atoms with Crippen molar-refractivity contribution in [2.24, 2.45) is 10.1 Å². The molecule has 1 aromatic heterocycles. The third kappa shape index (κ3) is 4.50. The maximum absolute atomic E-state index is 12.7. The van der Waals surface area contributed by atoms with Gasteiger partial charge in [0.05, 0.1) is 10.6 Å². The third-order valence-corrected chi connectivity index (χ3v) is 6.36. The molecule has 0 unspecified atom stereocenters. The van der Waals surface area contributed by atoms with Crippen LogP contribution in [0.4, 0.5) is 0 Å². The molecule has 3 aromatic rings. The Balaban J connectivity index is 1.35. The molecule has 0 radical (unpaired) electrons. The second kappa shape index (κ2) is 9.24. The largest absolute Gasteiger partial charge is 0.487 e. The van der Waals surface area contributed by atoms with Crippen LogP contribution in [0.1, 0.15) is 22.3 Å². The second-order valence-corrected chi connectivity index (χ2v) is 9.00. The number of pyridine rings is 1. The standard InChI is InChI=1S/C25H18ClN5O2S/c1-15-4-2-5-17(10-15)14-33-21-8-7-16(12-20(21)26)11-19-22(27)31-25(29-23(19)32)34-24(30-31)18-6-3-9-28-13-18/h2-13,27H,14H2,1H3/b19-11-,27-22?. The number of benzene rings is 2. The zero-order valence-electron chi connectivity index (χ0n) is 18.0. The number of fused-ring (bicyclic) bond motifs is 1. The van der Waals surface area contributed by atoms with Crippen LogP contribution in [0.25, 0.3) is 6.08 Å². The fraction of sp³-hybridized carbons (Fsp3) is 0.0800. The van der Waals surface area contributed by atoms with Gasteiger partial charge in [-0.2, -0.15) is 15.1 Å². The first-order valence-corrected chi connectivity index (χ1v) is 11.6. The predicted octanol–water partition coefficient (Wildman–Crippen LogP) is 5.29. The van der Waals surface area contributed by atoms with Crippen LogP contribution in [-0.2, 0) is 11.4 Å². The van der Waals surface area contributed by atoms with Gasteiger partial charge in [-0.1, -0.05) is 47.5 Å². The number of hydrogen-bond donors (Lipinski definition) is 1. The highest BCUT2D eigenvalue weighted by molar-refractivity contribution is 8.27. The molecule has 7 nitrogen and oxygen atoms in total. The van der Waals surface area contributed by atoms with Crippen molar-refractivity contribution < 1.29 is 9.53 Å². The summed E-state index contributed by atoms with van der Waals surface area (Å²) in [6, 6.07) is 17.0. The number of nitrogens with zero attached hydrogens (tertiary/aromatic N) is 4. The molecule has 0 saturated heterocycles. The molecule has 9 heteroatoms. The molecule has 34 heavy (non-hydrogen) atoms. The molecule has 0 aliphatic carbocycles. The Morgan fingerprint density at radius 2 is 2.06 bits per heavy atom. The van der Waals surface area contributed by atoms with E-state index in [0.717, 1.165) is 16.7 Å². The molecule has 1 N–H and O–H groups in total. The summed E-state index contributed by atoms with van der Waals surface area (Å²) in [5.74, 6) is -0.00287.